The summed E-state index contributed by atoms with van der Waals surface area (Å²) in [6.45, 7) is 3.59. The van der Waals surface area contributed by atoms with E-state index in [1.165, 1.54) is 0 Å². The summed E-state index contributed by atoms with van der Waals surface area (Å²) in [7, 11) is 0. The summed E-state index contributed by atoms with van der Waals surface area (Å²) in [5, 5.41) is 26.5. The third kappa shape index (κ3) is 5.16. The Kier molecular flexibility index (Phi) is 6.44. The van der Waals surface area contributed by atoms with Gasteiger partial charge >= 0.3 is 5.97 Å². The van der Waals surface area contributed by atoms with Gasteiger partial charge in [0.05, 0.1) is 19.3 Å². The van der Waals surface area contributed by atoms with Crippen molar-refractivity contribution in [3.05, 3.63) is 0 Å². The van der Waals surface area contributed by atoms with Gasteiger partial charge in [-0.25, -0.2) is 0 Å². The van der Waals surface area contributed by atoms with E-state index in [0.717, 1.165) is 6.42 Å². The minimum Gasteiger partial charge on any atom is -0.480 e. The normalized spacial score (nSPS) is 15.5. The van der Waals surface area contributed by atoms with E-state index >= 15 is 0 Å². The molecule has 0 aromatic carbocycles. The van der Waals surface area contributed by atoms with Crippen molar-refractivity contribution in [1.29, 1.82) is 0 Å². The number of carboxylic acids is 1. The van der Waals surface area contributed by atoms with Crippen molar-refractivity contribution in [2.24, 2.45) is 0 Å². The molecule has 0 aliphatic heterocycles. The van der Waals surface area contributed by atoms with Gasteiger partial charge < -0.3 is 15.3 Å². The standard InChI is InChI=1S/C9H19NO4/c1-3-7(2)10(5-9(13)14)4-8(12)6-11/h7-8,11-12H,3-6H2,1-2H3,(H,13,14). The fraction of sp³-hybridized carbons (Fsp3) is 0.889. The summed E-state index contributed by atoms with van der Waals surface area (Å²) >= 11 is 0. The maximum absolute atomic E-state index is 10.5. The second kappa shape index (κ2) is 6.75. The Hall–Kier alpha value is -0.650. The van der Waals surface area contributed by atoms with Gasteiger partial charge in [0.15, 0.2) is 0 Å². The lowest BCUT2D eigenvalue weighted by atomic mass is 10.2. The first-order valence-electron chi connectivity index (χ1n) is 4.76. The van der Waals surface area contributed by atoms with Gasteiger partial charge in [-0.15, -0.1) is 0 Å². The van der Waals surface area contributed by atoms with Crippen LogP contribution in [0.15, 0.2) is 0 Å². The Labute approximate surface area is 84.0 Å². The lowest BCUT2D eigenvalue weighted by molar-refractivity contribution is -0.139. The summed E-state index contributed by atoms with van der Waals surface area (Å²) in [6.07, 6.45) is -0.0610. The van der Waals surface area contributed by atoms with Crippen molar-refractivity contribution in [2.45, 2.75) is 32.4 Å². The molecule has 0 saturated carbocycles. The molecule has 2 atom stereocenters. The molecule has 0 aromatic heterocycles. The predicted octanol–water partition coefficient (Wildman–Crippen LogP) is -0.475. The highest BCUT2D eigenvalue weighted by molar-refractivity contribution is 5.69. The van der Waals surface area contributed by atoms with E-state index in [9.17, 15) is 9.90 Å². The van der Waals surface area contributed by atoms with Crippen LogP contribution in [-0.2, 0) is 4.79 Å². The monoisotopic (exact) mass is 205 g/mol. The molecule has 2 unspecified atom stereocenters. The minimum atomic E-state index is -0.921. The molecule has 14 heavy (non-hydrogen) atoms. The molecule has 0 rings (SSSR count). The SMILES string of the molecule is CCC(C)N(CC(=O)O)CC(O)CO. The number of carboxylic acid groups (broad SMARTS) is 1. The first-order valence-corrected chi connectivity index (χ1v) is 4.76. The number of nitrogens with zero attached hydrogens (tertiary/aromatic N) is 1. The van der Waals surface area contributed by atoms with Crippen LogP contribution in [0, 0.1) is 0 Å². The molecule has 0 bridgehead atoms. The fourth-order valence-electron chi connectivity index (χ4n) is 1.16. The zero-order valence-corrected chi connectivity index (χ0v) is 8.68. The van der Waals surface area contributed by atoms with Gasteiger partial charge in [-0.2, -0.15) is 0 Å². The Bertz CT molecular complexity index is 174. The Morgan fingerprint density at radius 1 is 1.50 bits per heavy atom. The summed E-state index contributed by atoms with van der Waals surface area (Å²) in [5.74, 6) is -0.921. The average molecular weight is 205 g/mol. The van der Waals surface area contributed by atoms with Crippen LogP contribution in [0.4, 0.5) is 0 Å². The molecule has 0 amide bonds. The molecule has 0 aliphatic carbocycles. The van der Waals surface area contributed by atoms with E-state index in [1.54, 1.807) is 4.90 Å². The Morgan fingerprint density at radius 2 is 2.07 bits per heavy atom. The number of aliphatic hydroxyl groups excluding tert-OH is 2. The molecule has 0 fully saturated rings. The van der Waals surface area contributed by atoms with Gasteiger partial charge in [-0.3, -0.25) is 9.69 Å². The van der Waals surface area contributed by atoms with Gasteiger partial charge in [0.25, 0.3) is 0 Å². The van der Waals surface area contributed by atoms with Crippen LogP contribution in [-0.4, -0.2) is 58.0 Å². The summed E-state index contributed by atoms with van der Waals surface area (Å²) < 4.78 is 0. The van der Waals surface area contributed by atoms with Crippen molar-refractivity contribution in [3.63, 3.8) is 0 Å². The molecule has 3 N–H and O–H groups in total. The van der Waals surface area contributed by atoms with E-state index in [2.05, 4.69) is 0 Å². The molecule has 0 aromatic rings. The van der Waals surface area contributed by atoms with Gasteiger partial charge in [0.1, 0.15) is 0 Å². The molecule has 0 spiro atoms. The average Bonchev–Trinajstić information content (AvgIpc) is 2.14. The molecule has 5 nitrogen and oxygen atoms in total. The summed E-state index contributed by atoms with van der Waals surface area (Å²) in [6, 6.07) is 0.0901. The van der Waals surface area contributed by atoms with Crippen molar-refractivity contribution >= 4 is 5.97 Å². The zero-order chi connectivity index (χ0) is 11.1. The molecule has 0 heterocycles. The summed E-state index contributed by atoms with van der Waals surface area (Å²) in [4.78, 5) is 12.2. The van der Waals surface area contributed by atoms with Crippen molar-refractivity contribution in [1.82, 2.24) is 4.90 Å². The minimum absolute atomic E-state index is 0.0901. The van der Waals surface area contributed by atoms with Crippen LogP contribution in [0.1, 0.15) is 20.3 Å². The molecule has 5 heteroatoms. The third-order valence-electron chi connectivity index (χ3n) is 2.21. The number of rotatable bonds is 7. The van der Waals surface area contributed by atoms with Crippen LogP contribution in [0.5, 0.6) is 0 Å². The van der Waals surface area contributed by atoms with Crippen molar-refractivity contribution in [2.75, 3.05) is 19.7 Å². The zero-order valence-electron chi connectivity index (χ0n) is 8.68. The highest BCUT2D eigenvalue weighted by atomic mass is 16.4. The first-order chi connectivity index (χ1) is 6.51. The molecule has 0 radical (unpaired) electrons. The molecular weight excluding hydrogens is 186 g/mol. The second-order valence-electron chi connectivity index (χ2n) is 3.42. The Balaban J connectivity index is 4.16. The Morgan fingerprint density at radius 3 is 2.43 bits per heavy atom. The quantitative estimate of drug-likeness (QED) is 0.523. The van der Waals surface area contributed by atoms with E-state index in [1.807, 2.05) is 13.8 Å². The van der Waals surface area contributed by atoms with Crippen LogP contribution >= 0.6 is 0 Å². The highest BCUT2D eigenvalue weighted by Gasteiger charge is 2.18. The van der Waals surface area contributed by atoms with Gasteiger partial charge in [0.2, 0.25) is 0 Å². The smallest absolute Gasteiger partial charge is 0.317 e. The second-order valence-corrected chi connectivity index (χ2v) is 3.42. The highest BCUT2D eigenvalue weighted by Crippen LogP contribution is 2.04. The van der Waals surface area contributed by atoms with Gasteiger partial charge in [-0.05, 0) is 13.3 Å². The van der Waals surface area contributed by atoms with Crippen LogP contribution in [0.2, 0.25) is 0 Å². The van der Waals surface area contributed by atoms with Gasteiger partial charge in [0, 0.05) is 12.6 Å². The number of hydrogen-bond acceptors (Lipinski definition) is 4. The molecule has 0 aliphatic rings. The van der Waals surface area contributed by atoms with E-state index < -0.39 is 12.1 Å². The summed E-state index contributed by atoms with van der Waals surface area (Å²) in [5.41, 5.74) is 0. The van der Waals surface area contributed by atoms with E-state index in [0.29, 0.717) is 0 Å². The van der Waals surface area contributed by atoms with Crippen LogP contribution < -0.4 is 0 Å². The van der Waals surface area contributed by atoms with E-state index in [4.69, 9.17) is 10.2 Å². The van der Waals surface area contributed by atoms with Crippen molar-refractivity contribution in [3.8, 4) is 0 Å². The number of aliphatic carboxylic acids is 1. The number of carbonyl (C=O) groups is 1. The maximum Gasteiger partial charge on any atom is 0.317 e. The van der Waals surface area contributed by atoms with Crippen molar-refractivity contribution < 1.29 is 20.1 Å². The topological polar surface area (TPSA) is 81.0 Å². The number of aliphatic hydroxyl groups is 2. The van der Waals surface area contributed by atoms with Crippen LogP contribution in [0.3, 0.4) is 0 Å². The lowest BCUT2D eigenvalue weighted by Crippen LogP contribution is -2.42. The lowest BCUT2D eigenvalue weighted by Gasteiger charge is -2.28. The third-order valence-corrected chi connectivity index (χ3v) is 2.21. The van der Waals surface area contributed by atoms with Gasteiger partial charge in [-0.1, -0.05) is 6.92 Å². The van der Waals surface area contributed by atoms with E-state index in [-0.39, 0.29) is 25.7 Å². The number of hydrogen-bond donors (Lipinski definition) is 3. The fourth-order valence-corrected chi connectivity index (χ4v) is 1.16. The first kappa shape index (κ1) is 13.4. The maximum atomic E-state index is 10.5. The largest absolute Gasteiger partial charge is 0.480 e. The predicted molar refractivity (Wildman–Crippen MR) is 52.1 cm³/mol. The van der Waals surface area contributed by atoms with Crippen LogP contribution in [0.25, 0.3) is 0 Å². The molecular formula is C9H19NO4. The molecule has 84 valence electrons. The molecule has 0 saturated heterocycles.